The van der Waals surface area contributed by atoms with Crippen LogP contribution in [0.2, 0.25) is 0 Å². The van der Waals surface area contributed by atoms with E-state index in [9.17, 15) is 9.59 Å². The van der Waals surface area contributed by atoms with Gasteiger partial charge in [-0.15, -0.1) is 0 Å². The summed E-state index contributed by atoms with van der Waals surface area (Å²) in [7, 11) is 1.67. The molecule has 6 heteroatoms. The van der Waals surface area contributed by atoms with E-state index in [0.717, 1.165) is 44.5 Å². The van der Waals surface area contributed by atoms with Gasteiger partial charge in [0.1, 0.15) is 11.8 Å². The van der Waals surface area contributed by atoms with Gasteiger partial charge in [0.2, 0.25) is 11.8 Å². The second-order valence-electron chi connectivity index (χ2n) is 8.00. The molecule has 1 aromatic carbocycles. The third-order valence-electron chi connectivity index (χ3n) is 6.06. The molecule has 1 aliphatic heterocycles. The summed E-state index contributed by atoms with van der Waals surface area (Å²) < 4.78 is 5.27. The lowest BCUT2D eigenvalue weighted by atomic mass is 9.97. The van der Waals surface area contributed by atoms with Crippen LogP contribution >= 0.6 is 0 Å². The van der Waals surface area contributed by atoms with Gasteiger partial charge in [-0.2, -0.15) is 0 Å². The zero-order valence-corrected chi connectivity index (χ0v) is 17.1. The zero-order chi connectivity index (χ0) is 19.9. The summed E-state index contributed by atoms with van der Waals surface area (Å²) in [6.07, 6.45) is 6.67. The molecular weight excluding hydrogens is 354 g/mol. The van der Waals surface area contributed by atoms with Crippen molar-refractivity contribution in [2.75, 3.05) is 26.7 Å². The fraction of sp³-hybridized carbons (Fsp3) is 0.636. The van der Waals surface area contributed by atoms with Gasteiger partial charge in [-0.1, -0.05) is 25.0 Å². The van der Waals surface area contributed by atoms with Crippen LogP contribution in [-0.4, -0.2) is 49.5 Å². The third kappa shape index (κ3) is 5.25. The lowest BCUT2D eigenvalue weighted by Gasteiger charge is -2.30. The number of carbonyl (C=O) groups excluding carboxylic acids is 2. The van der Waals surface area contributed by atoms with Crippen LogP contribution in [0.15, 0.2) is 24.3 Å². The van der Waals surface area contributed by atoms with E-state index < -0.39 is 6.04 Å². The molecule has 2 fully saturated rings. The minimum atomic E-state index is -0.421. The van der Waals surface area contributed by atoms with Crippen molar-refractivity contribution in [2.45, 2.75) is 57.5 Å². The molecule has 3 rings (SSSR count). The first-order valence-electron chi connectivity index (χ1n) is 10.5. The number of methoxy groups -OCH3 is 1. The van der Waals surface area contributed by atoms with Crippen molar-refractivity contribution in [1.29, 1.82) is 0 Å². The number of rotatable bonds is 8. The average molecular weight is 388 g/mol. The molecule has 6 nitrogen and oxygen atoms in total. The Bertz CT molecular complexity index is 649. The summed E-state index contributed by atoms with van der Waals surface area (Å²) in [6.45, 7) is 4.13. The molecule has 154 valence electrons. The Morgan fingerprint density at radius 1 is 1.11 bits per heavy atom. The van der Waals surface area contributed by atoms with Crippen molar-refractivity contribution in [3.05, 3.63) is 29.8 Å². The summed E-state index contributed by atoms with van der Waals surface area (Å²) >= 11 is 0. The molecule has 2 N–H and O–H groups in total. The molecule has 2 unspecified atom stereocenters. The van der Waals surface area contributed by atoms with Crippen LogP contribution in [0.1, 0.15) is 57.1 Å². The Kier molecular flexibility index (Phi) is 7.31. The number of amides is 2. The van der Waals surface area contributed by atoms with E-state index in [2.05, 4.69) is 27.7 Å². The van der Waals surface area contributed by atoms with Crippen molar-refractivity contribution in [2.24, 2.45) is 5.92 Å². The standard InChI is InChI=1S/C22H33N3O3/c1-16(26)24-21(18-7-3-4-8-18)22(27)23-15-20(25-13-5-6-14-25)17-9-11-19(28-2)12-10-17/h9-12,18,20-21H,3-8,13-15H2,1-2H3,(H,23,27)(H,24,26). The highest BCUT2D eigenvalue weighted by Gasteiger charge is 2.32. The van der Waals surface area contributed by atoms with Gasteiger partial charge in [0.15, 0.2) is 0 Å². The monoisotopic (exact) mass is 387 g/mol. The Balaban J connectivity index is 1.68. The number of likely N-dealkylation sites (tertiary alicyclic amines) is 1. The third-order valence-corrected chi connectivity index (χ3v) is 6.06. The molecule has 0 bridgehead atoms. The van der Waals surface area contributed by atoms with Gasteiger partial charge in [-0.05, 0) is 62.4 Å². The largest absolute Gasteiger partial charge is 0.497 e. The highest BCUT2D eigenvalue weighted by Crippen LogP contribution is 2.29. The van der Waals surface area contributed by atoms with E-state index in [0.29, 0.717) is 6.54 Å². The molecule has 2 aliphatic rings. The van der Waals surface area contributed by atoms with E-state index in [1.54, 1.807) is 7.11 Å². The van der Waals surface area contributed by atoms with Gasteiger partial charge in [-0.25, -0.2) is 0 Å². The van der Waals surface area contributed by atoms with Crippen LogP contribution in [0.25, 0.3) is 0 Å². The average Bonchev–Trinajstić information content (AvgIpc) is 3.41. The molecule has 0 aromatic heterocycles. The van der Waals surface area contributed by atoms with Crippen LogP contribution in [-0.2, 0) is 9.59 Å². The minimum absolute atomic E-state index is 0.0557. The van der Waals surface area contributed by atoms with Gasteiger partial charge in [0.05, 0.1) is 13.2 Å². The van der Waals surface area contributed by atoms with Crippen LogP contribution in [0.5, 0.6) is 5.75 Å². The van der Waals surface area contributed by atoms with E-state index in [4.69, 9.17) is 4.74 Å². The van der Waals surface area contributed by atoms with Crippen molar-refractivity contribution in [3.8, 4) is 5.75 Å². The minimum Gasteiger partial charge on any atom is -0.497 e. The molecule has 1 saturated carbocycles. The highest BCUT2D eigenvalue weighted by molar-refractivity contribution is 5.87. The summed E-state index contributed by atoms with van der Waals surface area (Å²) in [6, 6.07) is 7.82. The summed E-state index contributed by atoms with van der Waals surface area (Å²) in [5.41, 5.74) is 1.18. The predicted octanol–water partition coefficient (Wildman–Crippen LogP) is 2.64. The van der Waals surface area contributed by atoms with Gasteiger partial charge in [0, 0.05) is 13.5 Å². The quantitative estimate of drug-likeness (QED) is 0.719. The van der Waals surface area contributed by atoms with Gasteiger partial charge in [-0.3, -0.25) is 14.5 Å². The number of carbonyl (C=O) groups is 2. The second kappa shape index (κ2) is 9.92. The van der Waals surface area contributed by atoms with Gasteiger partial charge < -0.3 is 15.4 Å². The normalized spacial score (nSPS) is 19.9. The lowest BCUT2D eigenvalue weighted by molar-refractivity contribution is -0.129. The predicted molar refractivity (Wildman–Crippen MR) is 109 cm³/mol. The van der Waals surface area contributed by atoms with E-state index in [-0.39, 0.29) is 23.8 Å². The number of ether oxygens (including phenoxy) is 1. The Hall–Kier alpha value is -2.08. The smallest absolute Gasteiger partial charge is 0.242 e. The molecule has 2 amide bonds. The number of nitrogens with one attached hydrogen (secondary N) is 2. The van der Waals surface area contributed by atoms with Crippen LogP contribution in [0.3, 0.4) is 0 Å². The van der Waals surface area contributed by atoms with Crippen molar-refractivity contribution >= 4 is 11.8 Å². The maximum Gasteiger partial charge on any atom is 0.242 e. The lowest BCUT2D eigenvalue weighted by Crippen LogP contribution is -2.51. The first kappa shape index (κ1) is 20.6. The van der Waals surface area contributed by atoms with Crippen molar-refractivity contribution in [3.63, 3.8) is 0 Å². The molecule has 0 spiro atoms. The van der Waals surface area contributed by atoms with Crippen molar-refractivity contribution < 1.29 is 14.3 Å². The summed E-state index contributed by atoms with van der Waals surface area (Å²) in [5.74, 6) is 0.883. The fourth-order valence-electron chi connectivity index (χ4n) is 4.55. The van der Waals surface area contributed by atoms with Crippen LogP contribution in [0.4, 0.5) is 0 Å². The zero-order valence-electron chi connectivity index (χ0n) is 17.1. The molecular formula is C22H33N3O3. The number of nitrogens with zero attached hydrogens (tertiary/aromatic N) is 1. The summed E-state index contributed by atoms with van der Waals surface area (Å²) in [4.78, 5) is 27.0. The maximum atomic E-state index is 13.0. The molecule has 1 saturated heterocycles. The number of benzene rings is 1. The fourth-order valence-corrected chi connectivity index (χ4v) is 4.55. The van der Waals surface area contributed by atoms with Crippen molar-refractivity contribution in [1.82, 2.24) is 15.5 Å². The molecule has 1 aliphatic carbocycles. The van der Waals surface area contributed by atoms with E-state index in [1.165, 1.54) is 25.3 Å². The molecule has 0 radical (unpaired) electrons. The Morgan fingerprint density at radius 2 is 1.75 bits per heavy atom. The Labute approximate surface area is 168 Å². The molecule has 1 aromatic rings. The van der Waals surface area contributed by atoms with Crippen LogP contribution < -0.4 is 15.4 Å². The topological polar surface area (TPSA) is 70.7 Å². The first-order chi connectivity index (χ1) is 13.6. The van der Waals surface area contributed by atoms with Crippen LogP contribution in [0, 0.1) is 5.92 Å². The van der Waals surface area contributed by atoms with Gasteiger partial charge >= 0.3 is 0 Å². The molecule has 2 atom stereocenters. The highest BCUT2D eigenvalue weighted by atomic mass is 16.5. The van der Waals surface area contributed by atoms with Gasteiger partial charge in [0.25, 0.3) is 0 Å². The Morgan fingerprint density at radius 3 is 2.32 bits per heavy atom. The van der Waals surface area contributed by atoms with E-state index >= 15 is 0 Å². The second-order valence-corrected chi connectivity index (χ2v) is 8.00. The molecule has 28 heavy (non-hydrogen) atoms. The first-order valence-corrected chi connectivity index (χ1v) is 10.5. The van der Waals surface area contributed by atoms with E-state index in [1.807, 2.05) is 12.1 Å². The number of hydrogen-bond acceptors (Lipinski definition) is 4. The molecule has 1 heterocycles. The maximum absolute atomic E-state index is 13.0. The number of hydrogen-bond donors (Lipinski definition) is 2. The SMILES string of the molecule is COc1ccc(C(CNC(=O)C(NC(C)=O)C2CCCC2)N2CCCC2)cc1. The summed E-state index contributed by atoms with van der Waals surface area (Å²) in [5, 5.41) is 6.03.